The summed E-state index contributed by atoms with van der Waals surface area (Å²) in [7, 11) is 0. The van der Waals surface area contributed by atoms with Crippen LogP contribution in [0.2, 0.25) is 0 Å². The van der Waals surface area contributed by atoms with Gasteiger partial charge >= 0.3 is 0 Å². The van der Waals surface area contributed by atoms with Gasteiger partial charge in [-0.25, -0.2) is 0 Å². The Bertz CT molecular complexity index is 562. The minimum atomic E-state index is 0.130. The number of nitrogens with one attached hydrogen (secondary N) is 1. The Labute approximate surface area is 132 Å². The van der Waals surface area contributed by atoms with Crippen LogP contribution in [0.3, 0.4) is 0 Å². The number of hydrogen-bond donors (Lipinski definition) is 1. The highest BCUT2D eigenvalue weighted by Gasteiger charge is 2.25. The summed E-state index contributed by atoms with van der Waals surface area (Å²) in [5, 5.41) is 3.51. The van der Waals surface area contributed by atoms with Crippen molar-refractivity contribution in [1.82, 2.24) is 10.2 Å². The molecule has 1 N–H and O–H groups in total. The molecule has 2 aliphatic rings. The molecule has 22 heavy (non-hydrogen) atoms. The Balaban J connectivity index is 1.60. The largest absolute Gasteiger partial charge is 0.388 e. The number of carbonyl (C=O) groups excluding carboxylic acids is 1. The van der Waals surface area contributed by atoms with E-state index >= 15 is 0 Å². The van der Waals surface area contributed by atoms with Crippen LogP contribution in [0.4, 0.5) is 0 Å². The van der Waals surface area contributed by atoms with Crippen molar-refractivity contribution in [3.05, 3.63) is 53.7 Å². The van der Waals surface area contributed by atoms with E-state index in [4.69, 9.17) is 0 Å². The minimum absolute atomic E-state index is 0.130. The van der Waals surface area contributed by atoms with E-state index in [1.807, 2.05) is 41.3 Å². The van der Waals surface area contributed by atoms with Crippen molar-refractivity contribution in [2.45, 2.75) is 25.7 Å². The van der Waals surface area contributed by atoms with Crippen LogP contribution in [0.25, 0.3) is 6.08 Å². The second-order valence-corrected chi connectivity index (χ2v) is 6.10. The van der Waals surface area contributed by atoms with Crippen LogP contribution < -0.4 is 5.32 Å². The van der Waals surface area contributed by atoms with E-state index in [0.717, 1.165) is 31.6 Å². The van der Waals surface area contributed by atoms with E-state index in [9.17, 15) is 4.79 Å². The van der Waals surface area contributed by atoms with Gasteiger partial charge in [0, 0.05) is 37.3 Å². The molecule has 3 nitrogen and oxygen atoms in total. The van der Waals surface area contributed by atoms with Gasteiger partial charge in [0.1, 0.15) is 0 Å². The average molecular weight is 296 g/mol. The van der Waals surface area contributed by atoms with Gasteiger partial charge in [-0.1, -0.05) is 36.4 Å². The fraction of sp³-hybridized carbons (Fsp3) is 0.421. The first-order chi connectivity index (χ1) is 10.8. The number of amides is 1. The van der Waals surface area contributed by atoms with Crippen molar-refractivity contribution < 1.29 is 4.79 Å². The smallest absolute Gasteiger partial charge is 0.246 e. The minimum Gasteiger partial charge on any atom is -0.388 e. The van der Waals surface area contributed by atoms with E-state index in [1.54, 1.807) is 6.08 Å². The van der Waals surface area contributed by atoms with E-state index in [2.05, 4.69) is 11.4 Å². The molecule has 1 aromatic carbocycles. The van der Waals surface area contributed by atoms with Gasteiger partial charge in [0.15, 0.2) is 0 Å². The molecule has 1 amide bonds. The maximum atomic E-state index is 12.4. The average Bonchev–Trinajstić information content (AvgIpc) is 2.61. The number of piperidine rings is 1. The van der Waals surface area contributed by atoms with Crippen molar-refractivity contribution in [3.63, 3.8) is 0 Å². The second kappa shape index (κ2) is 7.30. The lowest BCUT2D eigenvalue weighted by atomic mass is 9.92. The number of likely N-dealkylation sites (tertiary alicyclic amines) is 1. The van der Waals surface area contributed by atoms with Crippen LogP contribution in [-0.2, 0) is 4.79 Å². The molecule has 0 unspecified atom stereocenters. The zero-order valence-electron chi connectivity index (χ0n) is 13.0. The monoisotopic (exact) mass is 296 g/mol. The summed E-state index contributed by atoms with van der Waals surface area (Å²) in [6, 6.07) is 9.99. The lowest BCUT2D eigenvalue weighted by Crippen LogP contribution is -2.41. The molecular formula is C19H24N2O. The predicted octanol–water partition coefficient (Wildman–Crippen LogP) is 3.21. The molecule has 0 saturated carbocycles. The predicted molar refractivity (Wildman–Crippen MR) is 90.1 cm³/mol. The molecule has 2 aliphatic heterocycles. The van der Waals surface area contributed by atoms with Gasteiger partial charge in [-0.15, -0.1) is 0 Å². The lowest BCUT2D eigenvalue weighted by molar-refractivity contribution is -0.127. The summed E-state index contributed by atoms with van der Waals surface area (Å²) in [5.41, 5.74) is 2.43. The van der Waals surface area contributed by atoms with Gasteiger partial charge in [-0.05, 0) is 37.3 Å². The maximum Gasteiger partial charge on any atom is 0.246 e. The highest BCUT2D eigenvalue weighted by Crippen LogP contribution is 2.24. The molecule has 1 fully saturated rings. The number of allylic oxidation sites excluding steroid dienone is 1. The summed E-state index contributed by atoms with van der Waals surface area (Å²) in [6.45, 7) is 2.79. The number of nitrogens with zero attached hydrogens (tertiary/aromatic N) is 1. The zero-order chi connectivity index (χ0) is 15.2. The van der Waals surface area contributed by atoms with Gasteiger partial charge in [0.2, 0.25) is 5.91 Å². The molecule has 116 valence electrons. The second-order valence-electron chi connectivity index (χ2n) is 6.10. The van der Waals surface area contributed by atoms with Crippen LogP contribution in [0.1, 0.15) is 31.2 Å². The zero-order valence-corrected chi connectivity index (χ0v) is 13.0. The number of benzene rings is 1. The number of rotatable bonds is 3. The van der Waals surface area contributed by atoms with E-state index in [-0.39, 0.29) is 5.91 Å². The van der Waals surface area contributed by atoms with Crippen molar-refractivity contribution >= 4 is 12.0 Å². The quantitative estimate of drug-likeness (QED) is 0.869. The van der Waals surface area contributed by atoms with Crippen LogP contribution in [0.5, 0.6) is 0 Å². The molecule has 1 atom stereocenters. The fourth-order valence-electron chi connectivity index (χ4n) is 3.24. The Kier molecular flexibility index (Phi) is 4.94. The Morgan fingerprint density at radius 2 is 2.09 bits per heavy atom. The molecule has 1 aromatic rings. The van der Waals surface area contributed by atoms with Crippen molar-refractivity contribution in [3.8, 4) is 0 Å². The topological polar surface area (TPSA) is 32.3 Å². The van der Waals surface area contributed by atoms with Gasteiger partial charge in [0.25, 0.3) is 0 Å². The third kappa shape index (κ3) is 3.79. The SMILES string of the molecule is O=C(C=Cc1ccccc1)N1CCC[C@H](C2=CCCCN2)C1. The summed E-state index contributed by atoms with van der Waals surface area (Å²) in [5.74, 6) is 0.619. The molecule has 0 aromatic heterocycles. The van der Waals surface area contributed by atoms with Gasteiger partial charge in [0.05, 0.1) is 0 Å². The summed E-state index contributed by atoms with van der Waals surface area (Å²) < 4.78 is 0. The number of carbonyl (C=O) groups is 1. The lowest BCUT2D eigenvalue weighted by Gasteiger charge is -2.34. The van der Waals surface area contributed by atoms with Gasteiger partial charge < -0.3 is 10.2 Å². The highest BCUT2D eigenvalue weighted by molar-refractivity contribution is 5.91. The molecule has 0 radical (unpaired) electrons. The molecule has 0 aliphatic carbocycles. The molecule has 3 heteroatoms. The van der Waals surface area contributed by atoms with Crippen molar-refractivity contribution in [2.75, 3.05) is 19.6 Å². The Morgan fingerprint density at radius 1 is 1.23 bits per heavy atom. The van der Waals surface area contributed by atoms with Crippen LogP contribution >= 0.6 is 0 Å². The number of hydrogen-bond acceptors (Lipinski definition) is 2. The third-order valence-electron chi connectivity index (χ3n) is 4.47. The van der Waals surface area contributed by atoms with Crippen LogP contribution in [-0.4, -0.2) is 30.4 Å². The molecule has 1 saturated heterocycles. The molecule has 0 spiro atoms. The van der Waals surface area contributed by atoms with E-state index < -0.39 is 0 Å². The molecule has 0 bridgehead atoms. The van der Waals surface area contributed by atoms with E-state index in [0.29, 0.717) is 5.92 Å². The first-order valence-corrected chi connectivity index (χ1v) is 8.29. The third-order valence-corrected chi connectivity index (χ3v) is 4.47. The van der Waals surface area contributed by atoms with Crippen molar-refractivity contribution in [1.29, 1.82) is 0 Å². The Hall–Kier alpha value is -2.03. The summed E-state index contributed by atoms with van der Waals surface area (Å²) >= 11 is 0. The molecule has 3 rings (SSSR count). The normalized spacial score (nSPS) is 22.3. The molecule has 2 heterocycles. The maximum absolute atomic E-state index is 12.4. The first kappa shape index (κ1) is 14.9. The van der Waals surface area contributed by atoms with Crippen LogP contribution in [0.15, 0.2) is 48.2 Å². The highest BCUT2D eigenvalue weighted by atomic mass is 16.2. The fourth-order valence-corrected chi connectivity index (χ4v) is 3.24. The van der Waals surface area contributed by atoms with Gasteiger partial charge in [-0.3, -0.25) is 4.79 Å². The van der Waals surface area contributed by atoms with Crippen LogP contribution in [0, 0.1) is 5.92 Å². The van der Waals surface area contributed by atoms with Crippen molar-refractivity contribution in [2.24, 2.45) is 5.92 Å². The standard InChI is InChI=1S/C19H24N2O/c22-19(12-11-16-7-2-1-3-8-16)21-14-6-9-17(15-21)18-10-4-5-13-20-18/h1-3,7-8,10-12,17,20H,4-6,9,13-15H2/t17-/m0/s1. The molecular weight excluding hydrogens is 272 g/mol. The Morgan fingerprint density at radius 3 is 2.86 bits per heavy atom. The van der Waals surface area contributed by atoms with Gasteiger partial charge in [-0.2, -0.15) is 0 Å². The summed E-state index contributed by atoms with van der Waals surface area (Å²) in [6.07, 6.45) is 10.6. The first-order valence-electron chi connectivity index (χ1n) is 8.29. The van der Waals surface area contributed by atoms with E-state index in [1.165, 1.54) is 25.0 Å². The summed E-state index contributed by atoms with van der Waals surface area (Å²) in [4.78, 5) is 14.4.